The van der Waals surface area contributed by atoms with Crippen LogP contribution in [0.2, 0.25) is 0 Å². The molecule has 0 saturated heterocycles. The number of para-hydroxylation sites is 1. The van der Waals surface area contributed by atoms with Gasteiger partial charge >= 0.3 is 6.03 Å². The molecule has 1 fully saturated rings. The summed E-state index contributed by atoms with van der Waals surface area (Å²) in [6.07, 6.45) is 3.60. The van der Waals surface area contributed by atoms with E-state index in [2.05, 4.69) is 16.7 Å². The largest absolute Gasteiger partial charge is 0.393 e. The van der Waals surface area contributed by atoms with Crippen LogP contribution in [0, 0.1) is 0 Å². The van der Waals surface area contributed by atoms with Gasteiger partial charge in [-0.05, 0) is 61.9 Å². The molecule has 0 spiro atoms. The van der Waals surface area contributed by atoms with Crippen molar-refractivity contribution in [3.8, 4) is 0 Å². The van der Waals surface area contributed by atoms with E-state index in [-0.39, 0.29) is 24.1 Å². The zero-order valence-corrected chi connectivity index (χ0v) is 15.7. The first-order valence-electron chi connectivity index (χ1n) is 9.85. The Kier molecular flexibility index (Phi) is 5.30. The minimum absolute atomic E-state index is 0.0599. The highest BCUT2D eigenvalue weighted by molar-refractivity contribution is 6.08. The molecule has 2 aromatic carbocycles. The van der Waals surface area contributed by atoms with E-state index in [4.69, 9.17) is 0 Å². The average Bonchev–Trinajstić information content (AvgIpc) is 3.13. The Hall–Kier alpha value is -2.86. The Morgan fingerprint density at radius 3 is 2.61 bits per heavy atom. The summed E-state index contributed by atoms with van der Waals surface area (Å²) in [5, 5.41) is 15.3. The molecule has 6 nitrogen and oxygen atoms in total. The number of carbonyl (C=O) groups is 2. The maximum Gasteiger partial charge on any atom is 0.319 e. The quantitative estimate of drug-likeness (QED) is 0.765. The van der Waals surface area contributed by atoms with Crippen molar-refractivity contribution in [1.82, 2.24) is 5.32 Å². The number of nitrogens with zero attached hydrogens (tertiary/aromatic N) is 1. The van der Waals surface area contributed by atoms with Gasteiger partial charge in [-0.2, -0.15) is 0 Å². The number of aliphatic hydroxyl groups is 1. The van der Waals surface area contributed by atoms with Crippen molar-refractivity contribution >= 4 is 23.3 Å². The molecule has 3 N–H and O–H groups in total. The lowest BCUT2D eigenvalue weighted by Crippen LogP contribution is -2.40. The van der Waals surface area contributed by atoms with Crippen LogP contribution in [0.25, 0.3) is 0 Å². The fraction of sp³-hybridized carbons (Fsp3) is 0.364. The maximum atomic E-state index is 13.0. The molecule has 6 heteroatoms. The molecule has 28 heavy (non-hydrogen) atoms. The van der Waals surface area contributed by atoms with Crippen LogP contribution < -0.4 is 15.5 Å². The second-order valence-electron chi connectivity index (χ2n) is 7.52. The van der Waals surface area contributed by atoms with E-state index in [0.29, 0.717) is 30.6 Å². The third-order valence-electron chi connectivity index (χ3n) is 5.53. The molecule has 4 rings (SSSR count). The zero-order valence-electron chi connectivity index (χ0n) is 15.7. The van der Waals surface area contributed by atoms with Gasteiger partial charge in [-0.1, -0.05) is 24.3 Å². The summed E-state index contributed by atoms with van der Waals surface area (Å²) in [5.74, 6) is -0.0599. The van der Waals surface area contributed by atoms with Gasteiger partial charge in [0.05, 0.1) is 6.10 Å². The van der Waals surface area contributed by atoms with E-state index < -0.39 is 0 Å². The molecule has 0 radical (unpaired) electrons. The predicted molar refractivity (Wildman–Crippen MR) is 109 cm³/mol. The number of aliphatic hydroxyl groups excluding tert-OH is 1. The Morgan fingerprint density at radius 1 is 1.00 bits per heavy atom. The molecule has 1 aliphatic heterocycles. The van der Waals surface area contributed by atoms with Crippen LogP contribution >= 0.6 is 0 Å². The zero-order chi connectivity index (χ0) is 19.5. The van der Waals surface area contributed by atoms with Crippen LogP contribution in [-0.4, -0.2) is 35.7 Å². The first kappa shape index (κ1) is 18.5. The second-order valence-corrected chi connectivity index (χ2v) is 7.52. The van der Waals surface area contributed by atoms with Crippen molar-refractivity contribution in [2.24, 2.45) is 0 Å². The van der Waals surface area contributed by atoms with Crippen LogP contribution in [0.15, 0.2) is 48.5 Å². The van der Waals surface area contributed by atoms with Gasteiger partial charge < -0.3 is 20.6 Å². The molecular formula is C22H25N3O3. The highest BCUT2D eigenvalue weighted by atomic mass is 16.3. The monoisotopic (exact) mass is 379 g/mol. The number of amides is 3. The highest BCUT2D eigenvalue weighted by Gasteiger charge is 2.25. The number of fused-ring (bicyclic) bond motifs is 1. The van der Waals surface area contributed by atoms with E-state index in [1.807, 2.05) is 18.2 Å². The van der Waals surface area contributed by atoms with Crippen molar-refractivity contribution in [2.45, 2.75) is 44.2 Å². The lowest BCUT2D eigenvalue weighted by atomic mass is 9.93. The lowest BCUT2D eigenvalue weighted by Gasteiger charge is -2.26. The van der Waals surface area contributed by atoms with Gasteiger partial charge in [0.15, 0.2) is 0 Å². The number of anilines is 2. The van der Waals surface area contributed by atoms with Crippen molar-refractivity contribution in [1.29, 1.82) is 0 Å². The van der Waals surface area contributed by atoms with Gasteiger partial charge in [-0.3, -0.25) is 4.79 Å². The van der Waals surface area contributed by atoms with Crippen molar-refractivity contribution in [3.63, 3.8) is 0 Å². The number of nitrogens with one attached hydrogen (secondary N) is 2. The van der Waals surface area contributed by atoms with Gasteiger partial charge in [0, 0.05) is 29.5 Å². The van der Waals surface area contributed by atoms with Crippen LogP contribution in [-0.2, 0) is 6.42 Å². The molecule has 0 atom stereocenters. The summed E-state index contributed by atoms with van der Waals surface area (Å²) in [5.41, 5.74) is 3.28. The summed E-state index contributed by atoms with van der Waals surface area (Å²) < 4.78 is 0. The fourth-order valence-corrected chi connectivity index (χ4v) is 4.01. The smallest absolute Gasteiger partial charge is 0.319 e. The predicted octanol–water partition coefficient (Wildman–Crippen LogP) is 3.31. The van der Waals surface area contributed by atoms with E-state index in [9.17, 15) is 14.7 Å². The third-order valence-corrected chi connectivity index (χ3v) is 5.53. The van der Waals surface area contributed by atoms with Crippen LogP contribution in [0.1, 0.15) is 41.6 Å². The first-order valence-corrected chi connectivity index (χ1v) is 9.85. The van der Waals surface area contributed by atoms with Crippen molar-refractivity contribution in [2.75, 3.05) is 16.8 Å². The Balaban J connectivity index is 1.40. The van der Waals surface area contributed by atoms with E-state index >= 15 is 0 Å². The molecule has 1 heterocycles. The lowest BCUT2D eigenvalue weighted by molar-refractivity contribution is 0.0989. The molecular weight excluding hydrogens is 354 g/mol. The SMILES string of the molecule is O=C(Nc1cccc(C(=O)N2CCc3ccccc32)c1)NC1CCC(O)CC1. The van der Waals surface area contributed by atoms with Crippen LogP contribution in [0.3, 0.4) is 0 Å². The average molecular weight is 379 g/mol. The summed E-state index contributed by atoms with van der Waals surface area (Å²) in [4.78, 5) is 27.0. The van der Waals surface area contributed by atoms with Gasteiger partial charge in [-0.25, -0.2) is 4.79 Å². The van der Waals surface area contributed by atoms with Gasteiger partial charge in [0.25, 0.3) is 5.91 Å². The van der Waals surface area contributed by atoms with Crippen LogP contribution in [0.5, 0.6) is 0 Å². The molecule has 0 bridgehead atoms. The number of carbonyl (C=O) groups excluding carboxylic acids is 2. The number of hydrogen-bond acceptors (Lipinski definition) is 3. The molecule has 2 aliphatic rings. The number of urea groups is 1. The van der Waals surface area contributed by atoms with E-state index in [1.165, 1.54) is 5.56 Å². The van der Waals surface area contributed by atoms with Crippen molar-refractivity contribution < 1.29 is 14.7 Å². The summed E-state index contributed by atoms with van der Waals surface area (Å²) in [7, 11) is 0. The van der Waals surface area contributed by atoms with Gasteiger partial charge in [0.1, 0.15) is 0 Å². The Labute approximate surface area is 164 Å². The van der Waals surface area contributed by atoms with Gasteiger partial charge in [0.2, 0.25) is 0 Å². The Morgan fingerprint density at radius 2 is 1.79 bits per heavy atom. The standard InChI is InChI=1S/C22H25N3O3/c26-19-10-8-17(9-11-19)23-22(28)24-18-6-3-5-16(14-18)21(27)25-13-12-15-4-1-2-7-20(15)25/h1-7,14,17,19,26H,8-13H2,(H2,23,24,28). The number of hydrogen-bond donors (Lipinski definition) is 3. The second kappa shape index (κ2) is 8.02. The number of benzene rings is 2. The molecule has 0 aromatic heterocycles. The molecule has 2 aromatic rings. The maximum absolute atomic E-state index is 13.0. The molecule has 3 amide bonds. The van der Waals surface area contributed by atoms with Crippen LogP contribution in [0.4, 0.5) is 16.2 Å². The molecule has 1 saturated carbocycles. The van der Waals surface area contributed by atoms with E-state index in [1.54, 1.807) is 29.2 Å². The molecule has 1 aliphatic carbocycles. The third kappa shape index (κ3) is 4.02. The topological polar surface area (TPSA) is 81.7 Å². The highest BCUT2D eigenvalue weighted by Crippen LogP contribution is 2.29. The van der Waals surface area contributed by atoms with Gasteiger partial charge in [-0.15, -0.1) is 0 Å². The Bertz CT molecular complexity index is 875. The molecule has 0 unspecified atom stereocenters. The molecule has 146 valence electrons. The number of rotatable bonds is 3. The summed E-state index contributed by atoms with van der Waals surface area (Å²) in [6, 6.07) is 14.8. The summed E-state index contributed by atoms with van der Waals surface area (Å²) in [6.45, 7) is 0.670. The normalized spacial score (nSPS) is 21.1. The fourth-order valence-electron chi connectivity index (χ4n) is 4.01. The minimum atomic E-state index is -0.280. The van der Waals surface area contributed by atoms with E-state index in [0.717, 1.165) is 24.9 Å². The first-order chi connectivity index (χ1) is 13.6. The summed E-state index contributed by atoms with van der Waals surface area (Å²) >= 11 is 0. The minimum Gasteiger partial charge on any atom is -0.393 e. The van der Waals surface area contributed by atoms with Crippen molar-refractivity contribution in [3.05, 3.63) is 59.7 Å².